The summed E-state index contributed by atoms with van der Waals surface area (Å²) in [7, 11) is 1.41. The number of hydrogen-bond acceptors (Lipinski definition) is 8. The molecule has 4 aromatic rings. The van der Waals surface area contributed by atoms with Gasteiger partial charge in [-0.2, -0.15) is 18.3 Å². The molecule has 0 bridgehead atoms. The number of nitrogens with two attached hydrogens (primary N) is 1. The number of rotatable bonds is 8. The third-order valence-electron chi connectivity index (χ3n) is 6.85. The molecule has 16 heteroatoms. The number of benzene rings is 1. The van der Waals surface area contributed by atoms with Crippen molar-refractivity contribution in [1.29, 1.82) is 0 Å². The van der Waals surface area contributed by atoms with Crippen LogP contribution in [0.25, 0.3) is 17.1 Å². The molecule has 12 nitrogen and oxygen atoms in total. The average Bonchev–Trinajstić information content (AvgIpc) is 3.58. The predicted molar refractivity (Wildman–Crippen MR) is 154 cm³/mol. The van der Waals surface area contributed by atoms with E-state index in [9.17, 15) is 22.8 Å². The lowest BCUT2D eigenvalue weighted by Crippen LogP contribution is -2.46. The Kier molecular flexibility index (Phi) is 8.66. The van der Waals surface area contributed by atoms with Gasteiger partial charge < -0.3 is 26.3 Å². The van der Waals surface area contributed by atoms with Gasteiger partial charge in [0, 0.05) is 58.2 Å². The van der Waals surface area contributed by atoms with Crippen LogP contribution in [0, 0.1) is 0 Å². The summed E-state index contributed by atoms with van der Waals surface area (Å²) in [5, 5.41) is 12.6. The van der Waals surface area contributed by atoms with Crippen LogP contribution < -0.4 is 21.7 Å². The molecule has 5 N–H and O–H groups in total. The SMILES string of the molecule is Cn1c(-c2cn(-c3ccc(N)cn3)nc2C(F)(F)F)cnc1C(=O)Nc1ccc(C(=O)NCCN2CCNCC2)c(Cl)c1. The van der Waals surface area contributed by atoms with E-state index in [-0.39, 0.29) is 45.1 Å². The molecule has 0 unspecified atom stereocenters. The zero-order valence-corrected chi connectivity index (χ0v) is 23.7. The van der Waals surface area contributed by atoms with Gasteiger partial charge >= 0.3 is 6.18 Å². The predicted octanol–water partition coefficient (Wildman–Crippen LogP) is 2.81. The Morgan fingerprint density at radius 1 is 1.09 bits per heavy atom. The van der Waals surface area contributed by atoms with Crippen LogP contribution in [0.2, 0.25) is 5.02 Å². The Balaban J connectivity index is 1.29. The van der Waals surface area contributed by atoms with Crippen molar-refractivity contribution in [3.63, 3.8) is 0 Å². The Morgan fingerprint density at radius 3 is 2.53 bits per heavy atom. The molecule has 1 aromatic carbocycles. The number of aromatic nitrogens is 5. The minimum atomic E-state index is -4.79. The maximum absolute atomic E-state index is 13.9. The highest BCUT2D eigenvalue weighted by atomic mass is 35.5. The molecule has 5 rings (SSSR count). The van der Waals surface area contributed by atoms with E-state index < -0.39 is 17.8 Å². The van der Waals surface area contributed by atoms with Gasteiger partial charge in [0.2, 0.25) is 0 Å². The number of carbonyl (C=O) groups is 2. The van der Waals surface area contributed by atoms with Crippen molar-refractivity contribution in [3.8, 4) is 17.1 Å². The van der Waals surface area contributed by atoms with Crippen molar-refractivity contribution >= 4 is 34.8 Å². The van der Waals surface area contributed by atoms with Crippen molar-refractivity contribution in [2.75, 3.05) is 50.3 Å². The van der Waals surface area contributed by atoms with E-state index in [2.05, 4.69) is 35.9 Å². The number of nitrogens with zero attached hydrogens (tertiary/aromatic N) is 6. The summed E-state index contributed by atoms with van der Waals surface area (Å²) in [6.07, 6.45) is -1.18. The molecular weight excluding hydrogens is 589 g/mol. The van der Waals surface area contributed by atoms with Crippen LogP contribution in [-0.4, -0.2) is 80.3 Å². The van der Waals surface area contributed by atoms with E-state index in [1.807, 2.05) is 0 Å². The maximum Gasteiger partial charge on any atom is 0.435 e. The molecular formula is C27H28ClF3N10O2. The molecule has 0 spiro atoms. The monoisotopic (exact) mass is 616 g/mol. The number of nitrogens with one attached hydrogen (secondary N) is 3. The summed E-state index contributed by atoms with van der Waals surface area (Å²) in [6.45, 7) is 4.82. The Morgan fingerprint density at radius 2 is 1.86 bits per heavy atom. The molecule has 0 saturated carbocycles. The Hall–Kier alpha value is -4.47. The zero-order chi connectivity index (χ0) is 30.7. The molecule has 1 aliphatic heterocycles. The molecule has 0 aliphatic carbocycles. The third kappa shape index (κ3) is 6.79. The number of hydrogen-bond donors (Lipinski definition) is 4. The first kappa shape index (κ1) is 30.0. The van der Waals surface area contributed by atoms with E-state index >= 15 is 0 Å². The van der Waals surface area contributed by atoms with Gasteiger partial charge in [0.15, 0.2) is 17.3 Å². The summed E-state index contributed by atoms with van der Waals surface area (Å²) in [5.74, 6) is -1.08. The van der Waals surface area contributed by atoms with E-state index in [1.165, 1.54) is 48.1 Å². The minimum Gasteiger partial charge on any atom is -0.397 e. The number of alkyl halides is 3. The van der Waals surface area contributed by atoms with Gasteiger partial charge in [-0.3, -0.25) is 14.5 Å². The van der Waals surface area contributed by atoms with Crippen molar-refractivity contribution in [2.24, 2.45) is 7.05 Å². The highest BCUT2D eigenvalue weighted by molar-refractivity contribution is 6.34. The quantitative estimate of drug-likeness (QED) is 0.236. The van der Waals surface area contributed by atoms with Crippen molar-refractivity contribution < 1.29 is 22.8 Å². The number of carbonyl (C=O) groups excluding carboxylic acids is 2. The number of piperazine rings is 1. The number of pyridine rings is 1. The van der Waals surface area contributed by atoms with Gasteiger partial charge in [0.1, 0.15) is 0 Å². The molecule has 226 valence electrons. The smallest absolute Gasteiger partial charge is 0.397 e. The van der Waals surface area contributed by atoms with Crippen LogP contribution in [0.1, 0.15) is 26.7 Å². The highest BCUT2D eigenvalue weighted by Crippen LogP contribution is 2.36. The van der Waals surface area contributed by atoms with Crippen LogP contribution in [-0.2, 0) is 13.2 Å². The summed E-state index contributed by atoms with van der Waals surface area (Å²) in [4.78, 5) is 36.0. The van der Waals surface area contributed by atoms with Gasteiger partial charge in [-0.1, -0.05) is 11.6 Å². The van der Waals surface area contributed by atoms with Gasteiger partial charge in [-0.25, -0.2) is 14.6 Å². The molecule has 1 aliphatic rings. The fourth-order valence-corrected chi connectivity index (χ4v) is 4.88. The van der Waals surface area contributed by atoms with Crippen molar-refractivity contribution in [2.45, 2.75) is 6.18 Å². The Bertz CT molecular complexity index is 1630. The number of anilines is 2. The van der Waals surface area contributed by atoms with Gasteiger partial charge in [0.25, 0.3) is 11.8 Å². The van der Waals surface area contributed by atoms with E-state index in [1.54, 1.807) is 0 Å². The van der Waals surface area contributed by atoms with Crippen LogP contribution in [0.4, 0.5) is 24.5 Å². The maximum atomic E-state index is 13.9. The number of halogens is 4. The van der Waals surface area contributed by atoms with Crippen molar-refractivity contribution in [3.05, 3.63) is 71.0 Å². The molecule has 4 heterocycles. The van der Waals surface area contributed by atoms with Crippen LogP contribution in [0.5, 0.6) is 0 Å². The van der Waals surface area contributed by atoms with E-state index in [0.717, 1.165) is 43.3 Å². The first-order valence-corrected chi connectivity index (χ1v) is 13.6. The molecule has 43 heavy (non-hydrogen) atoms. The number of amides is 2. The van der Waals surface area contributed by atoms with Gasteiger partial charge in [-0.05, 0) is 30.3 Å². The van der Waals surface area contributed by atoms with Crippen LogP contribution >= 0.6 is 11.6 Å². The standard InChI is InChI=1S/C27H28ClF3N10O2/c1-39-21(19-15-41(38-23(19)27(29,30)31)22-5-2-16(32)13-35-22)14-36-24(39)26(43)37-17-3-4-18(20(28)12-17)25(42)34-8-11-40-9-6-33-7-10-40/h2-5,12-15,33H,6-11,32H2,1H3,(H,34,42)(H,37,43). The van der Waals surface area contributed by atoms with Crippen molar-refractivity contribution in [1.82, 2.24) is 39.8 Å². The molecule has 1 saturated heterocycles. The molecule has 3 aromatic heterocycles. The van der Waals surface area contributed by atoms with E-state index in [4.69, 9.17) is 17.3 Å². The lowest BCUT2D eigenvalue weighted by molar-refractivity contribution is -0.140. The second kappa shape index (κ2) is 12.4. The average molecular weight is 617 g/mol. The van der Waals surface area contributed by atoms with E-state index in [0.29, 0.717) is 18.8 Å². The minimum absolute atomic E-state index is 0.00466. The number of nitrogen functional groups attached to an aromatic ring is 1. The fourth-order valence-electron chi connectivity index (χ4n) is 4.61. The molecule has 0 radical (unpaired) electrons. The fraction of sp³-hybridized carbons (Fsp3) is 0.296. The van der Waals surface area contributed by atoms with Crippen LogP contribution in [0.3, 0.4) is 0 Å². The highest BCUT2D eigenvalue weighted by Gasteiger charge is 2.39. The van der Waals surface area contributed by atoms with Gasteiger partial charge in [-0.15, -0.1) is 0 Å². The molecule has 2 amide bonds. The topological polar surface area (TPSA) is 148 Å². The third-order valence-corrected chi connectivity index (χ3v) is 7.16. The lowest BCUT2D eigenvalue weighted by Gasteiger charge is -2.27. The lowest BCUT2D eigenvalue weighted by atomic mass is 10.2. The summed E-state index contributed by atoms with van der Waals surface area (Å²) in [5.41, 5.74) is 5.02. The van der Waals surface area contributed by atoms with Gasteiger partial charge in [0.05, 0.1) is 39.9 Å². The molecule has 1 fully saturated rings. The summed E-state index contributed by atoms with van der Waals surface area (Å²) in [6, 6.07) is 7.33. The second-order valence-electron chi connectivity index (χ2n) is 9.81. The second-order valence-corrected chi connectivity index (χ2v) is 10.2. The Labute approximate surface area is 249 Å². The summed E-state index contributed by atoms with van der Waals surface area (Å²) < 4.78 is 44.0. The van der Waals surface area contributed by atoms with Crippen LogP contribution in [0.15, 0.2) is 48.9 Å². The number of imidazole rings is 1. The normalized spacial score (nSPS) is 14.1. The first-order chi connectivity index (χ1) is 20.5. The molecule has 0 atom stereocenters. The largest absolute Gasteiger partial charge is 0.435 e. The first-order valence-electron chi connectivity index (χ1n) is 13.2. The summed E-state index contributed by atoms with van der Waals surface area (Å²) >= 11 is 6.34. The zero-order valence-electron chi connectivity index (χ0n) is 23.0.